The molecule has 0 radical (unpaired) electrons. The van der Waals surface area contributed by atoms with Crippen LogP contribution in [0.5, 0.6) is 0 Å². The molecule has 1 aromatic heterocycles. The number of aromatic carboxylic acids is 1. The fourth-order valence-electron chi connectivity index (χ4n) is 2.13. The third kappa shape index (κ3) is 2.51. The summed E-state index contributed by atoms with van der Waals surface area (Å²) in [5, 5.41) is 18.2. The van der Waals surface area contributed by atoms with Crippen LogP contribution in [0.3, 0.4) is 0 Å². The van der Waals surface area contributed by atoms with E-state index in [9.17, 15) is 18.3 Å². The quantitative estimate of drug-likeness (QED) is 0.702. The van der Waals surface area contributed by atoms with Gasteiger partial charge < -0.3 is 14.8 Å². The zero-order valence-electron chi connectivity index (χ0n) is 10.5. The Kier molecular flexibility index (Phi) is 3.41. The number of hydrogen-bond acceptors (Lipinski definition) is 4. The summed E-state index contributed by atoms with van der Waals surface area (Å²) in [6, 6.07) is 1.11. The third-order valence-electron chi connectivity index (χ3n) is 3.47. The minimum Gasteiger partial charge on any atom is -0.477 e. The molecule has 7 nitrogen and oxygen atoms in total. The maximum atomic E-state index is 12.2. The Morgan fingerprint density at radius 2 is 2.16 bits per heavy atom. The average Bonchev–Trinajstić information content (AvgIpc) is 2.67. The monoisotopic (exact) mass is 288 g/mol. The summed E-state index contributed by atoms with van der Waals surface area (Å²) in [6.07, 6.45) is 3.27. The molecular weight excluding hydrogens is 272 g/mol. The predicted molar refractivity (Wildman–Crippen MR) is 66.4 cm³/mol. The second-order valence-corrected chi connectivity index (χ2v) is 6.56. The van der Waals surface area contributed by atoms with Crippen molar-refractivity contribution >= 4 is 16.0 Å². The summed E-state index contributed by atoms with van der Waals surface area (Å²) < 4.78 is 28.0. The number of aromatic nitrogens is 1. The van der Waals surface area contributed by atoms with E-state index in [4.69, 9.17) is 5.11 Å². The van der Waals surface area contributed by atoms with Crippen molar-refractivity contribution < 1.29 is 23.4 Å². The maximum absolute atomic E-state index is 12.2. The molecule has 0 atom stereocenters. The lowest BCUT2D eigenvalue weighted by molar-refractivity contribution is 0.0686. The Morgan fingerprint density at radius 3 is 2.53 bits per heavy atom. The number of sulfonamides is 1. The first-order valence-corrected chi connectivity index (χ1v) is 7.32. The van der Waals surface area contributed by atoms with Gasteiger partial charge in [0.05, 0.1) is 12.1 Å². The van der Waals surface area contributed by atoms with E-state index in [1.807, 2.05) is 0 Å². The highest BCUT2D eigenvalue weighted by Crippen LogP contribution is 2.33. The lowest BCUT2D eigenvalue weighted by Gasteiger charge is -2.40. The molecule has 0 amide bonds. The Balaban J connectivity index is 2.29. The first-order valence-electron chi connectivity index (χ1n) is 5.84. The maximum Gasteiger partial charge on any atom is 0.352 e. The van der Waals surface area contributed by atoms with Crippen molar-refractivity contribution in [2.75, 3.05) is 6.61 Å². The standard InChI is InChI=1S/C11H16N2O5S/c1-13-6-8(5-9(13)10(15)16)19(17,18)12-11(7-14)3-2-4-11/h5-6,12,14H,2-4,7H2,1H3,(H,15,16). The van der Waals surface area contributed by atoms with Gasteiger partial charge in [-0.2, -0.15) is 0 Å². The minimum absolute atomic E-state index is 0.105. The second-order valence-electron chi connectivity index (χ2n) is 4.87. The van der Waals surface area contributed by atoms with Gasteiger partial charge in [0, 0.05) is 13.2 Å². The molecular formula is C11H16N2O5S. The Hall–Kier alpha value is -1.38. The molecule has 0 aliphatic heterocycles. The van der Waals surface area contributed by atoms with Crippen molar-refractivity contribution in [2.45, 2.75) is 29.7 Å². The zero-order chi connectivity index (χ0) is 14.3. The lowest BCUT2D eigenvalue weighted by atomic mass is 9.78. The third-order valence-corrected chi connectivity index (χ3v) is 5.02. The van der Waals surface area contributed by atoms with Crippen LogP contribution in [0.2, 0.25) is 0 Å². The number of hydrogen-bond donors (Lipinski definition) is 3. The summed E-state index contributed by atoms with van der Waals surface area (Å²) in [6.45, 7) is -0.259. The van der Waals surface area contributed by atoms with Crippen LogP contribution in [0.25, 0.3) is 0 Å². The van der Waals surface area contributed by atoms with Gasteiger partial charge in [-0.05, 0) is 25.3 Å². The first kappa shape index (κ1) is 14.0. The smallest absolute Gasteiger partial charge is 0.352 e. The largest absolute Gasteiger partial charge is 0.477 e. The molecule has 106 valence electrons. The SMILES string of the molecule is Cn1cc(S(=O)(=O)NC2(CO)CCC2)cc1C(=O)O. The molecule has 3 N–H and O–H groups in total. The van der Waals surface area contributed by atoms with Crippen LogP contribution >= 0.6 is 0 Å². The fourth-order valence-corrected chi connectivity index (χ4v) is 3.65. The van der Waals surface area contributed by atoms with Crippen LogP contribution < -0.4 is 4.72 Å². The van der Waals surface area contributed by atoms with Crippen molar-refractivity contribution in [2.24, 2.45) is 7.05 Å². The molecule has 19 heavy (non-hydrogen) atoms. The zero-order valence-corrected chi connectivity index (χ0v) is 11.3. The highest BCUT2D eigenvalue weighted by atomic mass is 32.2. The van der Waals surface area contributed by atoms with Gasteiger partial charge in [0.15, 0.2) is 0 Å². The molecule has 0 aromatic carbocycles. The Labute approximate surface area is 110 Å². The highest BCUT2D eigenvalue weighted by Gasteiger charge is 2.40. The summed E-state index contributed by atoms with van der Waals surface area (Å²) in [5.41, 5.74) is -0.898. The number of carboxylic acids is 1. The normalized spacial score (nSPS) is 18.0. The molecule has 0 unspecified atom stereocenters. The number of nitrogens with one attached hydrogen (secondary N) is 1. The molecule has 1 saturated carbocycles. The molecule has 1 aromatic rings. The van der Waals surface area contributed by atoms with Gasteiger partial charge in [0.25, 0.3) is 0 Å². The van der Waals surface area contributed by atoms with Crippen molar-refractivity contribution in [1.29, 1.82) is 0 Å². The van der Waals surface area contributed by atoms with Gasteiger partial charge in [-0.1, -0.05) is 0 Å². The van der Waals surface area contributed by atoms with E-state index in [-0.39, 0.29) is 17.2 Å². The van der Waals surface area contributed by atoms with Gasteiger partial charge in [-0.25, -0.2) is 17.9 Å². The summed E-state index contributed by atoms with van der Waals surface area (Å²) in [4.78, 5) is 10.8. The molecule has 1 fully saturated rings. The van der Waals surface area contributed by atoms with Gasteiger partial charge >= 0.3 is 5.97 Å². The predicted octanol–water partition coefficient (Wildman–Crippen LogP) is -0.0834. The number of carbonyl (C=O) groups is 1. The molecule has 2 rings (SSSR count). The van der Waals surface area contributed by atoms with Crippen molar-refractivity contribution in [3.63, 3.8) is 0 Å². The van der Waals surface area contributed by atoms with Crippen molar-refractivity contribution in [1.82, 2.24) is 9.29 Å². The van der Waals surface area contributed by atoms with Crippen LogP contribution in [0.15, 0.2) is 17.2 Å². The van der Waals surface area contributed by atoms with E-state index in [2.05, 4.69) is 4.72 Å². The Bertz CT molecular complexity index is 595. The van der Waals surface area contributed by atoms with Gasteiger partial charge in [0.1, 0.15) is 10.6 Å². The van der Waals surface area contributed by atoms with Crippen LogP contribution in [-0.2, 0) is 17.1 Å². The molecule has 0 spiro atoms. The van der Waals surface area contributed by atoms with E-state index >= 15 is 0 Å². The molecule has 0 bridgehead atoms. The topological polar surface area (TPSA) is 109 Å². The van der Waals surface area contributed by atoms with Gasteiger partial charge in [0.2, 0.25) is 10.0 Å². The van der Waals surface area contributed by atoms with E-state index in [1.54, 1.807) is 0 Å². The first-order chi connectivity index (χ1) is 8.80. The van der Waals surface area contributed by atoms with Crippen LogP contribution in [0.4, 0.5) is 0 Å². The van der Waals surface area contributed by atoms with E-state index in [0.29, 0.717) is 12.8 Å². The van der Waals surface area contributed by atoms with Crippen LogP contribution in [0, 0.1) is 0 Å². The van der Waals surface area contributed by atoms with E-state index in [1.165, 1.54) is 17.8 Å². The number of nitrogens with zero attached hydrogens (tertiary/aromatic N) is 1. The van der Waals surface area contributed by atoms with Gasteiger partial charge in [-0.15, -0.1) is 0 Å². The fraction of sp³-hybridized carbons (Fsp3) is 0.545. The number of carboxylic acid groups (broad SMARTS) is 1. The molecule has 1 aliphatic carbocycles. The molecule has 8 heteroatoms. The molecule has 1 heterocycles. The van der Waals surface area contributed by atoms with Crippen molar-refractivity contribution in [3.05, 3.63) is 18.0 Å². The summed E-state index contributed by atoms with van der Waals surface area (Å²) in [7, 11) is -2.35. The second kappa shape index (κ2) is 4.62. The molecule has 1 aliphatic rings. The minimum atomic E-state index is -3.82. The molecule has 0 saturated heterocycles. The summed E-state index contributed by atoms with van der Waals surface area (Å²) in [5.74, 6) is -1.19. The number of aryl methyl sites for hydroxylation is 1. The Morgan fingerprint density at radius 1 is 1.53 bits per heavy atom. The van der Waals surface area contributed by atoms with E-state index < -0.39 is 21.5 Å². The van der Waals surface area contributed by atoms with Gasteiger partial charge in [-0.3, -0.25) is 0 Å². The number of rotatable bonds is 5. The van der Waals surface area contributed by atoms with E-state index in [0.717, 1.165) is 12.5 Å². The number of aliphatic hydroxyl groups is 1. The van der Waals surface area contributed by atoms with Crippen molar-refractivity contribution in [3.8, 4) is 0 Å². The highest BCUT2D eigenvalue weighted by molar-refractivity contribution is 7.89. The average molecular weight is 288 g/mol. The summed E-state index contributed by atoms with van der Waals surface area (Å²) >= 11 is 0. The van der Waals surface area contributed by atoms with Crippen LogP contribution in [0.1, 0.15) is 29.8 Å². The van der Waals surface area contributed by atoms with Crippen LogP contribution in [-0.4, -0.2) is 41.3 Å². The number of aliphatic hydroxyl groups excluding tert-OH is 1. The lowest BCUT2D eigenvalue weighted by Crippen LogP contribution is -2.55.